The molecular weight excluding hydrogens is 252 g/mol. The van der Waals surface area contributed by atoms with Crippen molar-refractivity contribution in [1.29, 1.82) is 0 Å². The van der Waals surface area contributed by atoms with Gasteiger partial charge in [0.2, 0.25) is 0 Å². The molecule has 6 nitrogen and oxygen atoms in total. The van der Waals surface area contributed by atoms with Gasteiger partial charge < -0.3 is 23.7 Å². The SMILES string of the molecule is COCCOCCOCCOCC(=O)OCCl. The zero-order valence-electron chi connectivity index (χ0n) is 9.98. The van der Waals surface area contributed by atoms with E-state index in [-0.39, 0.29) is 12.7 Å². The van der Waals surface area contributed by atoms with E-state index in [9.17, 15) is 4.79 Å². The molecule has 0 fully saturated rings. The fourth-order valence-electron chi connectivity index (χ4n) is 0.840. The molecule has 0 saturated heterocycles. The quantitative estimate of drug-likeness (QED) is 0.291. The summed E-state index contributed by atoms with van der Waals surface area (Å²) in [5.74, 6) is -0.483. The van der Waals surface area contributed by atoms with Crippen LogP contribution in [-0.4, -0.2) is 65.4 Å². The topological polar surface area (TPSA) is 63.2 Å². The first kappa shape index (κ1) is 16.6. The van der Waals surface area contributed by atoms with Gasteiger partial charge in [0, 0.05) is 7.11 Å². The molecule has 0 aromatic heterocycles. The molecule has 7 heteroatoms. The van der Waals surface area contributed by atoms with Crippen LogP contribution in [0.5, 0.6) is 0 Å². The predicted molar refractivity (Wildman–Crippen MR) is 61.1 cm³/mol. The lowest BCUT2D eigenvalue weighted by Gasteiger charge is -2.06. The van der Waals surface area contributed by atoms with Gasteiger partial charge in [0.1, 0.15) is 6.61 Å². The van der Waals surface area contributed by atoms with Gasteiger partial charge in [0.25, 0.3) is 0 Å². The third-order valence-corrected chi connectivity index (χ3v) is 1.72. The van der Waals surface area contributed by atoms with Crippen molar-refractivity contribution in [3.05, 3.63) is 0 Å². The Morgan fingerprint density at radius 2 is 1.47 bits per heavy atom. The summed E-state index contributed by atoms with van der Waals surface area (Å²) in [4.78, 5) is 10.8. The number of halogens is 1. The number of carbonyl (C=O) groups is 1. The number of ether oxygens (including phenoxy) is 5. The minimum absolute atomic E-state index is 0.111. The maximum atomic E-state index is 10.8. The molecule has 0 aromatic carbocycles. The van der Waals surface area contributed by atoms with Crippen molar-refractivity contribution >= 4 is 17.6 Å². The summed E-state index contributed by atoms with van der Waals surface area (Å²) >= 11 is 5.18. The molecule has 0 heterocycles. The highest BCUT2D eigenvalue weighted by atomic mass is 35.5. The summed E-state index contributed by atoms with van der Waals surface area (Å²) in [5, 5.41) is 0. The molecule has 0 bridgehead atoms. The lowest BCUT2D eigenvalue weighted by Crippen LogP contribution is -2.15. The van der Waals surface area contributed by atoms with Crippen LogP contribution in [-0.2, 0) is 28.5 Å². The summed E-state index contributed by atoms with van der Waals surface area (Å²) in [5.41, 5.74) is 0. The van der Waals surface area contributed by atoms with Crippen LogP contribution in [0.1, 0.15) is 0 Å². The van der Waals surface area contributed by atoms with Gasteiger partial charge in [-0.2, -0.15) is 0 Å². The number of carbonyl (C=O) groups excluding carboxylic acids is 1. The predicted octanol–water partition coefficient (Wildman–Crippen LogP) is 0.422. The number of methoxy groups -OCH3 is 1. The average molecular weight is 271 g/mol. The van der Waals surface area contributed by atoms with Crippen LogP contribution in [0, 0.1) is 0 Å². The van der Waals surface area contributed by atoms with E-state index in [4.69, 9.17) is 30.5 Å². The van der Waals surface area contributed by atoms with E-state index in [0.717, 1.165) is 0 Å². The van der Waals surface area contributed by atoms with Crippen LogP contribution >= 0.6 is 11.6 Å². The molecule has 0 atom stereocenters. The minimum Gasteiger partial charge on any atom is -0.448 e. The first-order valence-corrected chi connectivity index (χ1v) is 5.78. The Hall–Kier alpha value is -0.400. The lowest BCUT2D eigenvalue weighted by molar-refractivity contribution is -0.147. The minimum atomic E-state index is -0.483. The van der Waals surface area contributed by atoms with E-state index in [2.05, 4.69) is 4.74 Å². The molecule has 0 radical (unpaired) electrons. The van der Waals surface area contributed by atoms with Crippen LogP contribution in [0.25, 0.3) is 0 Å². The first-order chi connectivity index (χ1) is 8.31. The van der Waals surface area contributed by atoms with E-state index in [1.807, 2.05) is 0 Å². The van der Waals surface area contributed by atoms with Gasteiger partial charge in [-0.15, -0.1) is 0 Å². The summed E-state index contributed by atoms with van der Waals surface area (Å²) < 4.78 is 24.6. The summed E-state index contributed by atoms with van der Waals surface area (Å²) in [6.07, 6.45) is 0. The molecular formula is C10H19ClO6. The Bertz CT molecular complexity index is 178. The zero-order valence-corrected chi connectivity index (χ0v) is 10.7. The molecule has 0 saturated carbocycles. The Labute approximate surface area is 106 Å². The molecule has 0 aliphatic carbocycles. The second-order valence-corrected chi connectivity index (χ2v) is 3.11. The maximum Gasteiger partial charge on any atom is 0.333 e. The van der Waals surface area contributed by atoms with Gasteiger partial charge in [0.15, 0.2) is 6.07 Å². The lowest BCUT2D eigenvalue weighted by atomic mass is 10.7. The third-order valence-electron chi connectivity index (χ3n) is 1.61. The van der Waals surface area contributed by atoms with E-state index < -0.39 is 5.97 Å². The molecule has 102 valence electrons. The first-order valence-electron chi connectivity index (χ1n) is 5.25. The second-order valence-electron chi connectivity index (χ2n) is 2.90. The molecule has 0 spiro atoms. The number of hydrogen-bond acceptors (Lipinski definition) is 6. The van der Waals surface area contributed by atoms with Crippen molar-refractivity contribution in [1.82, 2.24) is 0 Å². The molecule has 0 aliphatic heterocycles. The van der Waals surface area contributed by atoms with E-state index in [0.29, 0.717) is 39.6 Å². The van der Waals surface area contributed by atoms with Crippen molar-refractivity contribution in [3.8, 4) is 0 Å². The molecule has 17 heavy (non-hydrogen) atoms. The number of rotatable bonds is 12. The van der Waals surface area contributed by atoms with E-state index in [1.54, 1.807) is 7.11 Å². The molecule has 0 N–H and O–H groups in total. The highest BCUT2D eigenvalue weighted by molar-refractivity contribution is 6.17. The van der Waals surface area contributed by atoms with Crippen molar-refractivity contribution in [2.75, 3.05) is 59.4 Å². The van der Waals surface area contributed by atoms with E-state index in [1.165, 1.54) is 0 Å². The number of esters is 1. The van der Waals surface area contributed by atoms with Crippen LogP contribution in [0.4, 0.5) is 0 Å². The fourth-order valence-corrected chi connectivity index (χ4v) is 0.962. The number of alkyl halides is 1. The molecule has 0 unspecified atom stereocenters. The van der Waals surface area contributed by atoms with Gasteiger partial charge in [-0.05, 0) is 0 Å². The Morgan fingerprint density at radius 1 is 0.941 bits per heavy atom. The number of hydrogen-bond donors (Lipinski definition) is 0. The smallest absolute Gasteiger partial charge is 0.333 e. The normalized spacial score (nSPS) is 10.5. The standard InChI is InChI=1S/C10H19ClO6/c1-13-2-3-14-4-5-15-6-7-16-8-10(12)17-9-11/h2-9H2,1H3. The van der Waals surface area contributed by atoms with Gasteiger partial charge in [-0.25, -0.2) is 4.79 Å². The average Bonchev–Trinajstić information content (AvgIpc) is 2.32. The van der Waals surface area contributed by atoms with Crippen molar-refractivity contribution < 1.29 is 28.5 Å². The highest BCUT2D eigenvalue weighted by Crippen LogP contribution is 1.85. The largest absolute Gasteiger partial charge is 0.448 e. The van der Waals surface area contributed by atoms with Gasteiger partial charge in [-0.3, -0.25) is 0 Å². The van der Waals surface area contributed by atoms with Crippen molar-refractivity contribution in [2.45, 2.75) is 0 Å². The van der Waals surface area contributed by atoms with Crippen LogP contribution in [0.3, 0.4) is 0 Å². The highest BCUT2D eigenvalue weighted by Gasteiger charge is 2.00. The second kappa shape index (κ2) is 13.7. The van der Waals surface area contributed by atoms with Crippen molar-refractivity contribution in [3.63, 3.8) is 0 Å². The van der Waals surface area contributed by atoms with E-state index >= 15 is 0 Å². The van der Waals surface area contributed by atoms with Gasteiger partial charge in [-0.1, -0.05) is 11.6 Å². The molecule has 0 rings (SSSR count). The van der Waals surface area contributed by atoms with Crippen LogP contribution < -0.4 is 0 Å². The third kappa shape index (κ3) is 13.5. The molecule has 0 aromatic rings. The van der Waals surface area contributed by atoms with Crippen molar-refractivity contribution in [2.24, 2.45) is 0 Å². The summed E-state index contributed by atoms with van der Waals surface area (Å²) in [6.45, 7) is 2.75. The monoisotopic (exact) mass is 270 g/mol. The zero-order chi connectivity index (χ0) is 12.8. The Balaban J connectivity index is 3.01. The molecule has 0 amide bonds. The van der Waals surface area contributed by atoms with Crippen LogP contribution in [0.15, 0.2) is 0 Å². The van der Waals surface area contributed by atoms with Gasteiger partial charge >= 0.3 is 5.97 Å². The Kier molecular flexibility index (Phi) is 13.3. The molecule has 0 aliphatic rings. The summed E-state index contributed by atoms with van der Waals surface area (Å²) in [6, 6.07) is -0.155. The Morgan fingerprint density at radius 3 is 2.00 bits per heavy atom. The van der Waals surface area contributed by atoms with Crippen LogP contribution in [0.2, 0.25) is 0 Å². The summed E-state index contributed by atoms with van der Waals surface area (Å²) in [7, 11) is 1.62. The maximum absolute atomic E-state index is 10.8. The fraction of sp³-hybridized carbons (Fsp3) is 0.900. The van der Waals surface area contributed by atoms with Gasteiger partial charge in [0.05, 0.1) is 39.6 Å².